The highest BCUT2D eigenvalue weighted by Gasteiger charge is 2.75. The number of Topliss-reactive ketones (excluding diaryl/α,β-unsaturated/α-hetero) is 2. The smallest absolute Gasteiger partial charge is 0.251 e. The molecule has 1 aromatic carbocycles. The first kappa shape index (κ1) is 40.5. The summed E-state index contributed by atoms with van der Waals surface area (Å²) >= 11 is 12.3. The first-order chi connectivity index (χ1) is 27.2. The molecule has 1 saturated heterocycles. The first-order valence-corrected chi connectivity index (χ1v) is 21.0. The maximum Gasteiger partial charge on any atom is 0.251 e. The fraction of sp³-hybridized carbons (Fsp3) is 0.591. The van der Waals surface area contributed by atoms with Crippen LogP contribution in [-0.4, -0.2) is 76.1 Å². The Balaban J connectivity index is 0.000000162. The highest BCUT2D eigenvalue weighted by molar-refractivity contribution is 6.36. The summed E-state index contributed by atoms with van der Waals surface area (Å²) < 4.78 is 30.3. The minimum Gasteiger partial charge on any atom is -0.493 e. The van der Waals surface area contributed by atoms with Gasteiger partial charge in [0, 0.05) is 54.0 Å². The molecule has 11 nitrogen and oxygen atoms in total. The summed E-state index contributed by atoms with van der Waals surface area (Å²) in [6, 6.07) is 3.42. The Kier molecular flexibility index (Phi) is 10.7. The number of hydrogen-bond donors (Lipinski definition) is 2. The molecule has 2 aromatic rings. The summed E-state index contributed by atoms with van der Waals surface area (Å²) in [6.45, 7) is 5.67. The van der Waals surface area contributed by atoms with E-state index in [0.29, 0.717) is 57.7 Å². The molecule has 306 valence electrons. The molecule has 5 aliphatic carbocycles. The molecular weight excluding hydrogens is 773 g/mol. The number of benzene rings is 1. The van der Waals surface area contributed by atoms with E-state index in [1.54, 1.807) is 31.4 Å². The lowest BCUT2D eigenvalue weighted by molar-refractivity contribution is -0.200. The minimum absolute atomic E-state index is 0.0125. The average Bonchev–Trinajstić information content (AvgIpc) is 3.95. The molecule has 1 spiro atoms. The molecule has 0 bridgehead atoms. The number of rotatable bonds is 8. The Morgan fingerprint density at radius 2 is 1.79 bits per heavy atom. The van der Waals surface area contributed by atoms with Gasteiger partial charge in [-0.3, -0.25) is 19.4 Å². The topological polar surface area (TPSA) is 151 Å². The van der Waals surface area contributed by atoms with Crippen molar-refractivity contribution in [2.45, 2.75) is 121 Å². The molecule has 0 radical (unpaired) electrons. The summed E-state index contributed by atoms with van der Waals surface area (Å²) in [4.78, 5) is 42.1. The molecule has 1 unspecified atom stereocenters. The Labute approximate surface area is 343 Å². The molecule has 7 aliphatic rings. The van der Waals surface area contributed by atoms with Crippen LogP contribution in [0.4, 0.5) is 0 Å². The van der Waals surface area contributed by atoms with E-state index in [-0.39, 0.29) is 46.9 Å². The van der Waals surface area contributed by atoms with Crippen LogP contribution in [0.5, 0.6) is 17.2 Å². The van der Waals surface area contributed by atoms with Crippen LogP contribution in [0.25, 0.3) is 0 Å². The summed E-state index contributed by atoms with van der Waals surface area (Å²) in [7, 11) is 1.57. The second-order valence-corrected chi connectivity index (χ2v) is 18.0. The lowest BCUT2D eigenvalue weighted by Gasteiger charge is -2.59. The lowest BCUT2D eigenvalue weighted by Crippen LogP contribution is -2.63. The third kappa shape index (κ3) is 6.38. The van der Waals surface area contributed by atoms with E-state index in [1.165, 1.54) is 12.4 Å². The number of aromatic nitrogens is 1. The fourth-order valence-electron chi connectivity index (χ4n) is 11.6. The number of aliphatic hydroxyl groups excluding tert-OH is 2. The predicted molar refractivity (Wildman–Crippen MR) is 211 cm³/mol. The van der Waals surface area contributed by atoms with Gasteiger partial charge in [-0.25, -0.2) is 0 Å². The SMILES string of the molecule is CCCC1O[C@@H]2C[C@H]3[C@@H]4CCC5=CC(=O)C=C[C@]5(C)[C@H]4[C@@H](O)C[C@]3(C)[C@]2(C(=O)CO)O1.COc1ccc(C(=O)Cc2c(Cl)cncc2Cl)c2c1OC1(CCCC1)O2. The van der Waals surface area contributed by atoms with E-state index in [1.807, 2.05) is 6.08 Å². The Bertz CT molecular complexity index is 2010. The number of nitrogens with zero attached hydrogens (tertiary/aromatic N) is 1. The number of hydrogen-bond acceptors (Lipinski definition) is 11. The Morgan fingerprint density at radius 3 is 2.47 bits per heavy atom. The van der Waals surface area contributed by atoms with Crippen molar-refractivity contribution in [1.82, 2.24) is 4.98 Å². The van der Waals surface area contributed by atoms with Gasteiger partial charge in [0.05, 0.1) is 34.9 Å². The van der Waals surface area contributed by atoms with Gasteiger partial charge in [-0.15, -0.1) is 0 Å². The zero-order chi connectivity index (χ0) is 40.5. The van der Waals surface area contributed by atoms with Gasteiger partial charge in [0.25, 0.3) is 5.79 Å². The van der Waals surface area contributed by atoms with E-state index < -0.39 is 41.9 Å². The fourth-order valence-corrected chi connectivity index (χ4v) is 12.1. The van der Waals surface area contributed by atoms with Crippen LogP contribution >= 0.6 is 23.2 Å². The molecule has 1 aromatic heterocycles. The van der Waals surface area contributed by atoms with Crippen LogP contribution in [0.1, 0.15) is 101 Å². The van der Waals surface area contributed by atoms with E-state index in [0.717, 1.165) is 50.5 Å². The number of pyridine rings is 1. The highest BCUT2D eigenvalue weighted by Crippen LogP contribution is 2.69. The monoisotopic (exact) mass is 823 g/mol. The second-order valence-electron chi connectivity index (χ2n) is 17.2. The number of carbonyl (C=O) groups excluding carboxylic acids is 3. The third-order valence-corrected chi connectivity index (χ3v) is 14.9. The van der Waals surface area contributed by atoms with Gasteiger partial charge in [0.1, 0.15) is 6.61 Å². The van der Waals surface area contributed by atoms with Gasteiger partial charge >= 0.3 is 0 Å². The molecule has 4 saturated carbocycles. The van der Waals surface area contributed by atoms with Crippen molar-refractivity contribution in [3.05, 3.63) is 69.5 Å². The number of carbonyl (C=O) groups is 3. The zero-order valence-electron chi connectivity index (χ0n) is 32.9. The number of methoxy groups -OCH3 is 1. The summed E-state index contributed by atoms with van der Waals surface area (Å²) in [5.41, 5.74) is -0.0600. The normalized spacial score (nSPS) is 35.1. The van der Waals surface area contributed by atoms with Gasteiger partial charge < -0.3 is 33.9 Å². The first-order valence-electron chi connectivity index (χ1n) is 20.2. The quantitative estimate of drug-likeness (QED) is 0.254. The standard InChI is InChI=1S/C25H34O6.C19H17Cl2NO4/c1-4-5-21-30-20-11-17-16-7-6-14-10-15(27)8-9-23(14,2)22(16)18(28)12-24(17,3)25(20,31-21)19(29)13-26;1-24-16-5-4-11(15(23)8-12-13(20)9-22-10-14(12)21)17-18(16)26-19(25-17)6-2-3-7-19/h8-10,16-18,20-22,26,28H,4-7,11-13H2,1-3H3;4-5,9-10H,2-3,6-8H2,1H3/t16-,17-,18-,20+,21?,22+,23-,24-,25+;/m0./s1. The van der Waals surface area contributed by atoms with Crippen molar-refractivity contribution < 1.29 is 48.3 Å². The van der Waals surface area contributed by atoms with E-state index in [9.17, 15) is 24.6 Å². The molecule has 2 N–H and O–H groups in total. The largest absolute Gasteiger partial charge is 0.493 e. The van der Waals surface area contributed by atoms with Crippen LogP contribution in [-0.2, 0) is 25.5 Å². The number of allylic oxidation sites excluding steroid dienone is 4. The molecule has 2 aliphatic heterocycles. The molecule has 13 heteroatoms. The zero-order valence-corrected chi connectivity index (χ0v) is 34.4. The van der Waals surface area contributed by atoms with E-state index in [2.05, 4.69) is 25.8 Å². The number of ketones is 3. The van der Waals surface area contributed by atoms with Gasteiger partial charge in [-0.2, -0.15) is 0 Å². The molecule has 3 heterocycles. The maximum atomic E-state index is 13.2. The van der Waals surface area contributed by atoms with Crippen LogP contribution in [0.2, 0.25) is 10.0 Å². The molecular formula is C44H51Cl2NO10. The minimum atomic E-state index is -1.20. The summed E-state index contributed by atoms with van der Waals surface area (Å²) in [5.74, 6) is 0.681. The maximum absolute atomic E-state index is 13.2. The highest BCUT2D eigenvalue weighted by atomic mass is 35.5. The Morgan fingerprint density at radius 1 is 1.07 bits per heavy atom. The van der Waals surface area contributed by atoms with Crippen molar-refractivity contribution >= 4 is 40.6 Å². The molecule has 0 amide bonds. The van der Waals surface area contributed by atoms with Crippen LogP contribution in [0, 0.1) is 28.6 Å². The summed E-state index contributed by atoms with van der Waals surface area (Å²) in [5, 5.41) is 22.1. The molecule has 9 atom stereocenters. The van der Waals surface area contributed by atoms with Crippen molar-refractivity contribution in [2.75, 3.05) is 13.7 Å². The molecule has 57 heavy (non-hydrogen) atoms. The van der Waals surface area contributed by atoms with E-state index in [4.69, 9.17) is 46.9 Å². The predicted octanol–water partition coefficient (Wildman–Crippen LogP) is 7.58. The lowest BCUT2D eigenvalue weighted by atomic mass is 9.46. The Hall–Kier alpha value is -3.32. The number of aliphatic hydroxyl groups is 2. The number of halogens is 2. The van der Waals surface area contributed by atoms with Gasteiger partial charge in [0.15, 0.2) is 40.7 Å². The van der Waals surface area contributed by atoms with Crippen molar-refractivity contribution in [2.24, 2.45) is 28.6 Å². The van der Waals surface area contributed by atoms with Crippen LogP contribution in [0.3, 0.4) is 0 Å². The molecule has 5 fully saturated rings. The van der Waals surface area contributed by atoms with Crippen molar-refractivity contribution in [3.8, 4) is 17.2 Å². The number of ether oxygens (including phenoxy) is 5. The van der Waals surface area contributed by atoms with Gasteiger partial charge in [-0.05, 0) is 81.1 Å². The molecule has 9 rings (SSSR count). The number of fused-ring (bicyclic) bond motifs is 8. The van der Waals surface area contributed by atoms with E-state index >= 15 is 0 Å². The van der Waals surface area contributed by atoms with Gasteiger partial charge in [0.2, 0.25) is 5.75 Å². The average molecular weight is 825 g/mol. The van der Waals surface area contributed by atoms with Crippen molar-refractivity contribution in [3.63, 3.8) is 0 Å². The summed E-state index contributed by atoms with van der Waals surface area (Å²) in [6.07, 6.45) is 15.0. The third-order valence-electron chi connectivity index (χ3n) is 14.2. The van der Waals surface area contributed by atoms with Gasteiger partial charge in [-0.1, -0.05) is 62.0 Å². The van der Waals surface area contributed by atoms with Crippen LogP contribution in [0.15, 0.2) is 48.3 Å². The van der Waals surface area contributed by atoms with Crippen molar-refractivity contribution in [1.29, 1.82) is 0 Å². The second kappa shape index (κ2) is 15.1. The van der Waals surface area contributed by atoms with Crippen LogP contribution < -0.4 is 14.2 Å².